The summed E-state index contributed by atoms with van der Waals surface area (Å²) in [6.45, 7) is 14.0. The first-order valence-corrected chi connectivity index (χ1v) is 9.49. The molecule has 1 aliphatic carbocycles. The average Bonchev–Trinajstić information content (AvgIpc) is 2.95. The second-order valence-corrected chi connectivity index (χ2v) is 9.70. The fourth-order valence-electron chi connectivity index (χ4n) is 1.48. The molecule has 1 aliphatic rings. The van der Waals surface area contributed by atoms with Crippen LogP contribution in [0.25, 0.3) is 0 Å². The molecule has 0 saturated heterocycles. The second kappa shape index (κ2) is 17.0. The SMILES string of the molecule is C=CCCC[O-].C=CCCC[O-].C[C](C)(C)[Ti+2][C]1=CC=CC1. The van der Waals surface area contributed by atoms with Crippen molar-refractivity contribution in [3.63, 3.8) is 0 Å². The van der Waals surface area contributed by atoms with Crippen molar-refractivity contribution in [2.75, 3.05) is 13.2 Å². The van der Waals surface area contributed by atoms with Crippen LogP contribution in [-0.2, 0) is 19.2 Å². The van der Waals surface area contributed by atoms with Crippen molar-refractivity contribution < 1.29 is 29.4 Å². The molecule has 0 spiro atoms. The molecule has 0 unspecified atom stereocenters. The zero-order chi connectivity index (χ0) is 17.3. The Balaban J connectivity index is 0. The van der Waals surface area contributed by atoms with E-state index in [9.17, 15) is 10.2 Å². The molecule has 2 nitrogen and oxygen atoms in total. The van der Waals surface area contributed by atoms with Gasteiger partial charge < -0.3 is 10.2 Å². The Morgan fingerprint density at radius 2 is 1.59 bits per heavy atom. The minimum absolute atomic E-state index is 0.0337. The Morgan fingerprint density at radius 3 is 1.82 bits per heavy atom. The van der Waals surface area contributed by atoms with E-state index in [0.29, 0.717) is 3.72 Å². The number of rotatable bonds is 7. The van der Waals surface area contributed by atoms with Gasteiger partial charge in [-0.3, -0.25) is 0 Å². The summed E-state index contributed by atoms with van der Waals surface area (Å²) in [5, 5.41) is 19.3. The van der Waals surface area contributed by atoms with Crippen molar-refractivity contribution in [3.05, 3.63) is 47.4 Å². The van der Waals surface area contributed by atoms with Crippen molar-refractivity contribution in [1.82, 2.24) is 0 Å². The van der Waals surface area contributed by atoms with Gasteiger partial charge in [0.2, 0.25) is 0 Å². The van der Waals surface area contributed by atoms with Crippen LogP contribution in [0.15, 0.2) is 47.4 Å². The van der Waals surface area contributed by atoms with E-state index < -0.39 is 0 Å². The molecule has 0 bridgehead atoms. The first kappa shape index (κ1) is 23.9. The molecule has 124 valence electrons. The molecule has 3 heteroatoms. The molecular formula is C19H32O2Ti. The van der Waals surface area contributed by atoms with E-state index in [1.807, 2.05) is 0 Å². The van der Waals surface area contributed by atoms with Gasteiger partial charge in [0.05, 0.1) is 0 Å². The van der Waals surface area contributed by atoms with Gasteiger partial charge in [0, 0.05) is 0 Å². The average molecular weight is 340 g/mol. The van der Waals surface area contributed by atoms with Crippen LogP contribution in [-0.4, -0.2) is 13.2 Å². The molecule has 0 amide bonds. The standard InChI is InChI=1S/2C5H9O.C5H5.C4H9.Ti/c2*1-2-3-4-5-6;1-2-4-5-3-1;1-4(2)3;/h2*2H,1,3-5H2;1-3H,4H2;1-3H3;/q2*-1;;;+2. The van der Waals surface area contributed by atoms with Gasteiger partial charge in [-0.25, -0.2) is 0 Å². The van der Waals surface area contributed by atoms with Crippen LogP contribution in [0.1, 0.15) is 52.9 Å². The summed E-state index contributed by atoms with van der Waals surface area (Å²) in [5.41, 5.74) is 0. The van der Waals surface area contributed by atoms with Crippen LogP contribution >= 0.6 is 0 Å². The predicted molar refractivity (Wildman–Crippen MR) is 90.2 cm³/mol. The fourth-order valence-corrected chi connectivity index (χ4v) is 3.61. The molecule has 0 aromatic heterocycles. The third kappa shape index (κ3) is 21.9. The molecule has 0 heterocycles. The molecular weight excluding hydrogens is 308 g/mol. The van der Waals surface area contributed by atoms with Crippen LogP contribution < -0.4 is 10.2 Å². The molecule has 0 aromatic rings. The van der Waals surface area contributed by atoms with Crippen molar-refractivity contribution in [2.24, 2.45) is 0 Å². The zero-order valence-electron chi connectivity index (χ0n) is 14.6. The van der Waals surface area contributed by atoms with E-state index in [0.717, 1.165) is 25.7 Å². The minimum atomic E-state index is 0.0337. The van der Waals surface area contributed by atoms with Gasteiger partial charge in [-0.1, -0.05) is 25.0 Å². The van der Waals surface area contributed by atoms with E-state index in [4.69, 9.17) is 0 Å². The Morgan fingerprint density at radius 1 is 1.09 bits per heavy atom. The van der Waals surface area contributed by atoms with Gasteiger partial charge in [-0.2, -0.15) is 0 Å². The van der Waals surface area contributed by atoms with Crippen LogP contribution in [0.5, 0.6) is 0 Å². The van der Waals surface area contributed by atoms with Gasteiger partial charge in [0.25, 0.3) is 0 Å². The molecule has 0 saturated carbocycles. The third-order valence-corrected chi connectivity index (χ3v) is 4.66. The third-order valence-electron chi connectivity index (χ3n) is 2.41. The predicted octanol–water partition coefficient (Wildman–Crippen LogP) is 3.76. The van der Waals surface area contributed by atoms with Crippen LogP contribution in [0.3, 0.4) is 0 Å². The summed E-state index contributed by atoms with van der Waals surface area (Å²) in [5.74, 6) is 0. The van der Waals surface area contributed by atoms with Crippen molar-refractivity contribution >= 4 is 0 Å². The Hall–Kier alpha value is -0.406. The van der Waals surface area contributed by atoms with E-state index in [-0.39, 0.29) is 32.4 Å². The van der Waals surface area contributed by atoms with E-state index in [2.05, 4.69) is 52.2 Å². The first-order chi connectivity index (χ1) is 10.4. The van der Waals surface area contributed by atoms with Crippen molar-refractivity contribution in [2.45, 2.75) is 56.6 Å². The number of hydrogen-bond donors (Lipinski definition) is 0. The molecule has 0 N–H and O–H groups in total. The summed E-state index contributed by atoms with van der Waals surface area (Å²) in [6.07, 6.45) is 14.7. The van der Waals surface area contributed by atoms with Gasteiger partial charge in [0.1, 0.15) is 0 Å². The van der Waals surface area contributed by atoms with Gasteiger partial charge in [0.15, 0.2) is 0 Å². The first-order valence-electron chi connectivity index (χ1n) is 7.93. The summed E-state index contributed by atoms with van der Waals surface area (Å²) >= 11 is 0.146. The van der Waals surface area contributed by atoms with Crippen LogP contribution in [0, 0.1) is 0 Å². The summed E-state index contributed by atoms with van der Waals surface area (Å²) in [6, 6.07) is 0. The fraction of sp³-hybridized carbons (Fsp3) is 0.579. The summed E-state index contributed by atoms with van der Waals surface area (Å²) in [7, 11) is 0. The summed E-state index contributed by atoms with van der Waals surface area (Å²) in [4.78, 5) is 0. The molecule has 0 atom stereocenters. The van der Waals surface area contributed by atoms with E-state index >= 15 is 0 Å². The molecule has 22 heavy (non-hydrogen) atoms. The quantitative estimate of drug-likeness (QED) is 0.402. The van der Waals surface area contributed by atoms with E-state index in [1.165, 1.54) is 6.42 Å². The van der Waals surface area contributed by atoms with Crippen molar-refractivity contribution in [3.8, 4) is 0 Å². The number of unbranched alkanes of at least 4 members (excludes halogenated alkanes) is 2. The second-order valence-electron chi connectivity index (χ2n) is 5.97. The van der Waals surface area contributed by atoms with Gasteiger partial charge in [-0.15, -0.1) is 26.4 Å². The Bertz CT molecular complexity index is 313. The monoisotopic (exact) mass is 340 g/mol. The van der Waals surface area contributed by atoms with Crippen LogP contribution in [0.4, 0.5) is 0 Å². The van der Waals surface area contributed by atoms with Crippen molar-refractivity contribution in [1.29, 1.82) is 0 Å². The van der Waals surface area contributed by atoms with E-state index in [1.54, 1.807) is 16.0 Å². The topological polar surface area (TPSA) is 46.1 Å². The normalized spacial score (nSPS) is 12.1. The Labute approximate surface area is 146 Å². The van der Waals surface area contributed by atoms with Gasteiger partial charge in [-0.05, 0) is 12.8 Å². The number of hydrogen-bond acceptors (Lipinski definition) is 2. The Kier molecular flexibility index (Phi) is 18.4. The molecule has 0 fully saturated rings. The van der Waals surface area contributed by atoms with Gasteiger partial charge >= 0.3 is 72.2 Å². The number of allylic oxidation sites excluding steroid dienone is 6. The summed E-state index contributed by atoms with van der Waals surface area (Å²) < 4.78 is 2.28. The zero-order valence-corrected chi connectivity index (χ0v) is 16.1. The van der Waals surface area contributed by atoms with Crippen LogP contribution in [0.2, 0.25) is 3.72 Å². The maximum absolute atomic E-state index is 9.64. The molecule has 0 aromatic carbocycles. The molecule has 0 aliphatic heterocycles. The maximum atomic E-state index is 9.64. The molecule has 0 radical (unpaired) electrons. The molecule has 1 rings (SSSR count).